The zero-order valence-corrected chi connectivity index (χ0v) is 13.9. The molecule has 0 radical (unpaired) electrons. The lowest BCUT2D eigenvalue weighted by atomic mass is 10.1. The Bertz CT molecular complexity index is 827. The van der Waals surface area contributed by atoms with Gasteiger partial charge in [0.05, 0.1) is 5.69 Å². The lowest BCUT2D eigenvalue weighted by Crippen LogP contribution is -2.29. The van der Waals surface area contributed by atoms with Gasteiger partial charge in [-0.1, -0.05) is 12.1 Å². The van der Waals surface area contributed by atoms with Crippen LogP contribution in [0.5, 0.6) is 0 Å². The molecular weight excluding hydrogens is 318 g/mol. The third-order valence-electron chi connectivity index (χ3n) is 4.20. The maximum atomic E-state index is 12.3. The van der Waals surface area contributed by atoms with E-state index in [1.54, 1.807) is 37.3 Å². The third kappa shape index (κ3) is 3.44. The Hall–Kier alpha value is -2.99. The van der Waals surface area contributed by atoms with Crippen LogP contribution >= 0.6 is 0 Å². The fourth-order valence-electron chi connectivity index (χ4n) is 2.82. The molecule has 1 heterocycles. The van der Waals surface area contributed by atoms with Crippen LogP contribution in [0.2, 0.25) is 0 Å². The van der Waals surface area contributed by atoms with Gasteiger partial charge in [0.15, 0.2) is 0 Å². The van der Waals surface area contributed by atoms with Gasteiger partial charge < -0.3 is 11.1 Å². The van der Waals surface area contributed by atoms with Gasteiger partial charge in [0, 0.05) is 30.6 Å². The molecule has 0 unspecified atom stereocenters. The van der Waals surface area contributed by atoms with Crippen LogP contribution < -0.4 is 16.0 Å². The highest BCUT2D eigenvalue weighted by atomic mass is 16.2. The number of benzene rings is 2. The van der Waals surface area contributed by atoms with Crippen molar-refractivity contribution in [1.82, 2.24) is 0 Å². The summed E-state index contributed by atoms with van der Waals surface area (Å²) in [5.74, 6) is -0.612. The lowest BCUT2D eigenvalue weighted by Gasteiger charge is -2.17. The largest absolute Gasteiger partial charge is 0.326 e. The van der Waals surface area contributed by atoms with Crippen LogP contribution in [0.4, 0.5) is 11.4 Å². The van der Waals surface area contributed by atoms with E-state index in [0.29, 0.717) is 23.5 Å². The smallest absolute Gasteiger partial charge is 0.255 e. The number of nitrogens with two attached hydrogens (primary N) is 1. The van der Waals surface area contributed by atoms with Crippen molar-refractivity contribution in [2.24, 2.45) is 5.73 Å². The van der Waals surface area contributed by atoms with Crippen LogP contribution in [-0.4, -0.2) is 17.7 Å². The molecule has 3 amide bonds. The second kappa shape index (κ2) is 6.86. The van der Waals surface area contributed by atoms with Crippen molar-refractivity contribution in [2.45, 2.75) is 26.3 Å². The van der Waals surface area contributed by atoms with Crippen LogP contribution in [0.3, 0.4) is 0 Å². The SMILES string of the molecule is Cc1cc(NC(=O)c2ccc(CN)cc2)ccc1N1C(=O)CCC1=O. The Balaban J connectivity index is 1.77. The van der Waals surface area contributed by atoms with Gasteiger partial charge in [0.1, 0.15) is 0 Å². The maximum absolute atomic E-state index is 12.3. The highest BCUT2D eigenvalue weighted by Crippen LogP contribution is 2.28. The van der Waals surface area contributed by atoms with E-state index in [-0.39, 0.29) is 30.6 Å². The molecule has 128 valence electrons. The van der Waals surface area contributed by atoms with Gasteiger partial charge in [0.2, 0.25) is 11.8 Å². The van der Waals surface area contributed by atoms with E-state index in [2.05, 4.69) is 5.32 Å². The Morgan fingerprint density at radius 2 is 1.72 bits per heavy atom. The number of carbonyl (C=O) groups is 3. The lowest BCUT2D eigenvalue weighted by molar-refractivity contribution is -0.121. The van der Waals surface area contributed by atoms with Gasteiger partial charge in [-0.3, -0.25) is 19.3 Å². The number of imide groups is 1. The van der Waals surface area contributed by atoms with Crippen molar-refractivity contribution in [1.29, 1.82) is 0 Å². The molecular formula is C19H19N3O3. The molecule has 0 atom stereocenters. The molecule has 0 spiro atoms. The quantitative estimate of drug-likeness (QED) is 0.838. The molecule has 0 aliphatic carbocycles. The number of rotatable bonds is 4. The van der Waals surface area contributed by atoms with E-state index in [9.17, 15) is 14.4 Å². The molecule has 3 rings (SSSR count). The summed E-state index contributed by atoms with van der Waals surface area (Å²) in [7, 11) is 0. The average Bonchev–Trinajstić information content (AvgIpc) is 2.94. The maximum Gasteiger partial charge on any atom is 0.255 e. The monoisotopic (exact) mass is 337 g/mol. The molecule has 1 saturated heterocycles. The standard InChI is InChI=1S/C19H19N3O3/c1-12-10-15(6-7-16(12)22-17(23)8-9-18(22)24)21-19(25)14-4-2-13(11-20)3-5-14/h2-7,10H,8-9,11,20H2,1H3,(H,21,25). The first-order valence-electron chi connectivity index (χ1n) is 8.06. The summed E-state index contributed by atoms with van der Waals surface area (Å²) in [6.45, 7) is 2.23. The van der Waals surface area contributed by atoms with E-state index in [1.807, 2.05) is 12.1 Å². The van der Waals surface area contributed by atoms with E-state index >= 15 is 0 Å². The molecule has 2 aromatic rings. The number of hydrogen-bond donors (Lipinski definition) is 2. The minimum absolute atomic E-state index is 0.190. The highest BCUT2D eigenvalue weighted by molar-refractivity contribution is 6.20. The Morgan fingerprint density at radius 1 is 1.08 bits per heavy atom. The van der Waals surface area contributed by atoms with Gasteiger partial charge in [-0.05, 0) is 48.4 Å². The van der Waals surface area contributed by atoms with Crippen LogP contribution in [0, 0.1) is 6.92 Å². The number of amides is 3. The Kier molecular flexibility index (Phi) is 4.63. The summed E-state index contributed by atoms with van der Waals surface area (Å²) in [5, 5.41) is 2.82. The van der Waals surface area contributed by atoms with E-state index < -0.39 is 0 Å². The van der Waals surface area contributed by atoms with E-state index in [0.717, 1.165) is 11.1 Å². The topological polar surface area (TPSA) is 92.5 Å². The molecule has 0 saturated carbocycles. The fourth-order valence-corrected chi connectivity index (χ4v) is 2.82. The van der Waals surface area contributed by atoms with Crippen LogP contribution in [0.15, 0.2) is 42.5 Å². The van der Waals surface area contributed by atoms with Gasteiger partial charge in [-0.15, -0.1) is 0 Å². The normalized spacial score (nSPS) is 14.1. The van der Waals surface area contributed by atoms with Crippen LogP contribution in [-0.2, 0) is 16.1 Å². The second-order valence-electron chi connectivity index (χ2n) is 5.98. The molecule has 3 N–H and O–H groups in total. The molecule has 25 heavy (non-hydrogen) atoms. The summed E-state index contributed by atoms with van der Waals surface area (Å²) < 4.78 is 0. The fraction of sp³-hybridized carbons (Fsp3) is 0.211. The molecule has 2 aromatic carbocycles. The zero-order chi connectivity index (χ0) is 18.0. The van der Waals surface area contributed by atoms with Crippen molar-refractivity contribution >= 4 is 29.1 Å². The van der Waals surface area contributed by atoms with Gasteiger partial charge in [-0.2, -0.15) is 0 Å². The van der Waals surface area contributed by atoms with Crippen LogP contribution in [0.25, 0.3) is 0 Å². The van der Waals surface area contributed by atoms with E-state index in [1.165, 1.54) is 4.90 Å². The molecule has 0 bridgehead atoms. The minimum atomic E-state index is -0.232. The van der Waals surface area contributed by atoms with Crippen molar-refractivity contribution in [2.75, 3.05) is 10.2 Å². The second-order valence-corrected chi connectivity index (χ2v) is 5.98. The molecule has 1 aliphatic rings. The van der Waals surface area contributed by atoms with Crippen molar-refractivity contribution in [3.63, 3.8) is 0 Å². The molecule has 6 nitrogen and oxygen atoms in total. The Morgan fingerprint density at radius 3 is 2.28 bits per heavy atom. The van der Waals surface area contributed by atoms with Gasteiger partial charge in [-0.25, -0.2) is 0 Å². The van der Waals surface area contributed by atoms with Gasteiger partial charge in [0.25, 0.3) is 5.91 Å². The summed E-state index contributed by atoms with van der Waals surface area (Å²) in [5.41, 5.74) is 8.96. The van der Waals surface area contributed by atoms with Crippen LogP contribution in [0.1, 0.15) is 34.3 Å². The molecule has 1 fully saturated rings. The Labute approximate surface area is 145 Å². The van der Waals surface area contributed by atoms with Gasteiger partial charge >= 0.3 is 0 Å². The minimum Gasteiger partial charge on any atom is -0.326 e. The summed E-state index contributed by atoms with van der Waals surface area (Å²) in [6, 6.07) is 12.2. The average molecular weight is 337 g/mol. The van der Waals surface area contributed by atoms with E-state index in [4.69, 9.17) is 5.73 Å². The number of anilines is 2. The molecule has 6 heteroatoms. The summed E-state index contributed by atoms with van der Waals surface area (Å²) in [4.78, 5) is 37.3. The van der Waals surface area contributed by atoms with Crippen molar-refractivity contribution in [3.05, 3.63) is 59.2 Å². The first kappa shape index (κ1) is 16.9. The number of carbonyl (C=O) groups excluding carboxylic acids is 3. The predicted molar refractivity (Wildman–Crippen MR) is 95.2 cm³/mol. The number of hydrogen-bond acceptors (Lipinski definition) is 4. The van der Waals surface area contributed by atoms with Crippen molar-refractivity contribution in [3.8, 4) is 0 Å². The zero-order valence-electron chi connectivity index (χ0n) is 13.9. The van der Waals surface area contributed by atoms with Crippen molar-refractivity contribution < 1.29 is 14.4 Å². The predicted octanol–water partition coefficient (Wildman–Crippen LogP) is 2.36. The first-order chi connectivity index (χ1) is 12.0. The number of nitrogens with one attached hydrogen (secondary N) is 1. The molecule has 0 aromatic heterocycles. The third-order valence-corrected chi connectivity index (χ3v) is 4.20. The highest BCUT2D eigenvalue weighted by Gasteiger charge is 2.31. The first-order valence-corrected chi connectivity index (χ1v) is 8.06. The number of nitrogens with zero attached hydrogens (tertiary/aromatic N) is 1. The summed E-state index contributed by atoms with van der Waals surface area (Å²) in [6.07, 6.45) is 0.491. The molecule has 1 aliphatic heterocycles. The number of aryl methyl sites for hydroxylation is 1. The summed E-state index contributed by atoms with van der Waals surface area (Å²) >= 11 is 0.